The first-order chi connectivity index (χ1) is 14.2. The van der Waals surface area contributed by atoms with E-state index in [4.69, 9.17) is 9.84 Å². The number of benzene rings is 2. The average Bonchev–Trinajstić information content (AvgIpc) is 3.21. The molecule has 6 nitrogen and oxygen atoms in total. The van der Waals surface area contributed by atoms with Crippen LogP contribution in [0.5, 0.6) is 5.75 Å². The van der Waals surface area contributed by atoms with Crippen molar-refractivity contribution in [1.29, 1.82) is 0 Å². The standard InChI is InChI=1S/C23H19N3O3/c1-2-29-21-9-8-17(14-19(21)23(27)28)20-15-26(18-6-4-3-5-7-18)25-22(20)16-10-12-24-13-11-16/h3-15H,2H2,1H3,(H,27,28). The minimum Gasteiger partial charge on any atom is -0.493 e. The topological polar surface area (TPSA) is 77.2 Å². The van der Waals surface area contributed by atoms with Gasteiger partial charge >= 0.3 is 5.97 Å². The Kier molecular flexibility index (Phi) is 5.07. The van der Waals surface area contributed by atoms with Crippen molar-refractivity contribution in [3.8, 4) is 33.8 Å². The van der Waals surface area contributed by atoms with Gasteiger partial charge in [-0.1, -0.05) is 24.3 Å². The summed E-state index contributed by atoms with van der Waals surface area (Å²) >= 11 is 0. The molecule has 0 radical (unpaired) electrons. The third kappa shape index (κ3) is 3.73. The number of rotatable bonds is 6. The fourth-order valence-electron chi connectivity index (χ4n) is 3.17. The van der Waals surface area contributed by atoms with Crippen LogP contribution in [0, 0.1) is 0 Å². The number of hydrogen-bond donors (Lipinski definition) is 1. The highest BCUT2D eigenvalue weighted by atomic mass is 16.5. The van der Waals surface area contributed by atoms with Gasteiger partial charge in [-0.25, -0.2) is 9.48 Å². The van der Waals surface area contributed by atoms with Crippen LogP contribution in [0.3, 0.4) is 0 Å². The van der Waals surface area contributed by atoms with E-state index in [-0.39, 0.29) is 5.56 Å². The Morgan fingerprint density at radius 3 is 2.48 bits per heavy atom. The molecular formula is C23H19N3O3. The molecule has 0 bridgehead atoms. The quantitative estimate of drug-likeness (QED) is 0.521. The van der Waals surface area contributed by atoms with Crippen LogP contribution < -0.4 is 4.74 Å². The second kappa shape index (κ2) is 7.98. The predicted molar refractivity (Wildman–Crippen MR) is 110 cm³/mol. The molecule has 2 heterocycles. The van der Waals surface area contributed by atoms with Crippen LogP contribution in [0.4, 0.5) is 0 Å². The van der Waals surface area contributed by atoms with Crippen LogP contribution in [0.15, 0.2) is 79.3 Å². The lowest BCUT2D eigenvalue weighted by molar-refractivity contribution is 0.0692. The summed E-state index contributed by atoms with van der Waals surface area (Å²) in [5.41, 5.74) is 4.26. The smallest absolute Gasteiger partial charge is 0.339 e. The van der Waals surface area contributed by atoms with Gasteiger partial charge in [0.25, 0.3) is 0 Å². The number of hydrogen-bond acceptors (Lipinski definition) is 4. The van der Waals surface area contributed by atoms with Crippen molar-refractivity contribution in [3.05, 3.63) is 84.8 Å². The van der Waals surface area contributed by atoms with Gasteiger partial charge in [-0.15, -0.1) is 0 Å². The summed E-state index contributed by atoms with van der Waals surface area (Å²) in [6.45, 7) is 2.22. The maximum absolute atomic E-state index is 11.8. The minimum atomic E-state index is -1.03. The Morgan fingerprint density at radius 1 is 1.03 bits per heavy atom. The monoisotopic (exact) mass is 385 g/mol. The fourth-order valence-corrected chi connectivity index (χ4v) is 3.17. The first-order valence-corrected chi connectivity index (χ1v) is 9.23. The van der Waals surface area contributed by atoms with E-state index in [1.165, 1.54) is 0 Å². The van der Waals surface area contributed by atoms with Crippen molar-refractivity contribution in [2.45, 2.75) is 6.92 Å². The zero-order valence-electron chi connectivity index (χ0n) is 15.8. The second-order valence-corrected chi connectivity index (χ2v) is 6.36. The van der Waals surface area contributed by atoms with Crippen molar-refractivity contribution in [2.24, 2.45) is 0 Å². The number of carbonyl (C=O) groups is 1. The molecule has 4 rings (SSSR count). The number of nitrogens with zero attached hydrogens (tertiary/aromatic N) is 3. The van der Waals surface area contributed by atoms with E-state index < -0.39 is 5.97 Å². The van der Waals surface area contributed by atoms with Crippen LogP contribution in [0.2, 0.25) is 0 Å². The molecule has 0 spiro atoms. The highest BCUT2D eigenvalue weighted by Gasteiger charge is 2.18. The predicted octanol–water partition coefficient (Wildman–Crippen LogP) is 4.70. The lowest BCUT2D eigenvalue weighted by atomic mass is 10.00. The van der Waals surface area contributed by atoms with Crippen LogP contribution >= 0.6 is 0 Å². The Morgan fingerprint density at radius 2 is 1.79 bits per heavy atom. The lowest BCUT2D eigenvalue weighted by Gasteiger charge is -2.09. The average molecular weight is 385 g/mol. The van der Waals surface area contributed by atoms with E-state index in [9.17, 15) is 9.90 Å². The van der Waals surface area contributed by atoms with E-state index in [0.717, 1.165) is 28.1 Å². The number of aromatic carboxylic acids is 1. The summed E-state index contributed by atoms with van der Waals surface area (Å²) in [7, 11) is 0. The summed E-state index contributed by atoms with van der Waals surface area (Å²) in [4.78, 5) is 15.8. The molecule has 29 heavy (non-hydrogen) atoms. The molecule has 0 aliphatic carbocycles. The molecule has 2 aromatic heterocycles. The number of pyridine rings is 1. The molecule has 6 heteroatoms. The maximum atomic E-state index is 11.8. The first kappa shape index (κ1) is 18.4. The third-order valence-electron chi connectivity index (χ3n) is 4.51. The SMILES string of the molecule is CCOc1ccc(-c2cn(-c3ccccc3)nc2-c2ccncc2)cc1C(=O)O. The van der Waals surface area contributed by atoms with Gasteiger partial charge in [0.05, 0.1) is 12.3 Å². The molecule has 0 aliphatic heterocycles. The van der Waals surface area contributed by atoms with Crippen molar-refractivity contribution < 1.29 is 14.6 Å². The van der Waals surface area contributed by atoms with Gasteiger partial charge in [-0.2, -0.15) is 5.10 Å². The van der Waals surface area contributed by atoms with E-state index in [0.29, 0.717) is 12.4 Å². The zero-order valence-corrected chi connectivity index (χ0v) is 15.8. The molecule has 2 aromatic carbocycles. The lowest BCUT2D eigenvalue weighted by Crippen LogP contribution is -2.03. The molecule has 0 aliphatic rings. The molecule has 0 saturated carbocycles. The van der Waals surface area contributed by atoms with Crippen LogP contribution in [0.1, 0.15) is 17.3 Å². The number of carboxylic acids is 1. The van der Waals surface area contributed by atoms with E-state index >= 15 is 0 Å². The van der Waals surface area contributed by atoms with Crippen molar-refractivity contribution in [3.63, 3.8) is 0 Å². The van der Waals surface area contributed by atoms with Gasteiger partial charge in [0.2, 0.25) is 0 Å². The highest BCUT2D eigenvalue weighted by Crippen LogP contribution is 2.34. The molecule has 0 amide bonds. The highest BCUT2D eigenvalue weighted by molar-refractivity contribution is 5.93. The Labute approximate surface area is 168 Å². The summed E-state index contributed by atoms with van der Waals surface area (Å²) in [6, 6.07) is 18.7. The van der Waals surface area contributed by atoms with Crippen molar-refractivity contribution in [1.82, 2.24) is 14.8 Å². The zero-order chi connectivity index (χ0) is 20.2. The molecule has 144 valence electrons. The largest absolute Gasteiger partial charge is 0.493 e. The second-order valence-electron chi connectivity index (χ2n) is 6.36. The van der Waals surface area contributed by atoms with Crippen LogP contribution in [-0.4, -0.2) is 32.4 Å². The first-order valence-electron chi connectivity index (χ1n) is 9.23. The van der Waals surface area contributed by atoms with E-state index in [1.54, 1.807) is 29.2 Å². The molecular weight excluding hydrogens is 366 g/mol. The summed E-state index contributed by atoms with van der Waals surface area (Å²) in [6.07, 6.45) is 5.33. The van der Waals surface area contributed by atoms with Gasteiger partial charge in [-0.05, 0) is 48.9 Å². The van der Waals surface area contributed by atoms with Crippen molar-refractivity contribution >= 4 is 5.97 Å². The Bertz CT molecular complexity index is 1140. The fraction of sp³-hybridized carbons (Fsp3) is 0.0870. The molecule has 1 N–H and O–H groups in total. The van der Waals surface area contributed by atoms with Crippen LogP contribution in [-0.2, 0) is 0 Å². The molecule has 0 unspecified atom stereocenters. The number of ether oxygens (including phenoxy) is 1. The van der Waals surface area contributed by atoms with Gasteiger partial charge < -0.3 is 9.84 Å². The number of carboxylic acid groups (broad SMARTS) is 1. The normalized spacial score (nSPS) is 10.7. The molecule has 4 aromatic rings. The molecule has 0 fully saturated rings. The third-order valence-corrected chi connectivity index (χ3v) is 4.51. The number of para-hydroxylation sites is 1. The summed E-state index contributed by atoms with van der Waals surface area (Å²) in [5.74, 6) is -0.680. The molecule has 0 atom stereocenters. The van der Waals surface area contributed by atoms with E-state index in [1.807, 2.05) is 61.7 Å². The Hall–Kier alpha value is -3.93. The minimum absolute atomic E-state index is 0.123. The maximum Gasteiger partial charge on any atom is 0.339 e. The van der Waals surface area contributed by atoms with Gasteiger partial charge in [0, 0.05) is 29.7 Å². The number of aromatic nitrogens is 3. The van der Waals surface area contributed by atoms with E-state index in [2.05, 4.69) is 4.98 Å². The summed E-state index contributed by atoms with van der Waals surface area (Å²) < 4.78 is 7.26. The summed E-state index contributed by atoms with van der Waals surface area (Å²) in [5, 5.41) is 14.4. The van der Waals surface area contributed by atoms with Gasteiger partial charge in [0.1, 0.15) is 17.0 Å². The van der Waals surface area contributed by atoms with Gasteiger partial charge in [0.15, 0.2) is 0 Å². The Balaban J connectivity index is 1.90. The van der Waals surface area contributed by atoms with Gasteiger partial charge in [-0.3, -0.25) is 4.98 Å². The van der Waals surface area contributed by atoms with Crippen molar-refractivity contribution in [2.75, 3.05) is 6.61 Å². The van der Waals surface area contributed by atoms with Crippen LogP contribution in [0.25, 0.3) is 28.1 Å². The molecule has 0 saturated heterocycles.